The highest BCUT2D eigenvalue weighted by Gasteiger charge is 2.17. The molecule has 0 spiro atoms. The van der Waals surface area contributed by atoms with Gasteiger partial charge in [0.15, 0.2) is 5.96 Å². The van der Waals surface area contributed by atoms with Crippen molar-refractivity contribution in [2.45, 2.75) is 51.7 Å². The normalized spacial score (nSPS) is 16.4. The Morgan fingerprint density at radius 2 is 2.11 bits per heavy atom. The number of halogens is 1. The van der Waals surface area contributed by atoms with E-state index in [2.05, 4.69) is 53.6 Å². The predicted molar refractivity (Wildman–Crippen MR) is 127 cm³/mol. The average Bonchev–Trinajstić information content (AvgIpc) is 2.71. The Hall–Kier alpha value is -1.06. The summed E-state index contributed by atoms with van der Waals surface area (Å²) in [7, 11) is 3.97. The first kappa shape index (κ1) is 25.0. The largest absolute Gasteiger partial charge is 0.492 e. The molecule has 160 valence electrons. The molecule has 1 aliphatic heterocycles. The van der Waals surface area contributed by atoms with E-state index in [0.29, 0.717) is 18.7 Å². The van der Waals surface area contributed by atoms with Gasteiger partial charge in [0.2, 0.25) is 0 Å². The highest BCUT2D eigenvalue weighted by Crippen LogP contribution is 2.15. The first-order valence-corrected chi connectivity index (χ1v) is 10.1. The number of ether oxygens (including phenoxy) is 2. The average molecular weight is 504 g/mol. The van der Waals surface area contributed by atoms with Crippen LogP contribution in [0, 0.1) is 0 Å². The monoisotopic (exact) mass is 504 g/mol. The minimum Gasteiger partial charge on any atom is -0.492 e. The van der Waals surface area contributed by atoms with E-state index >= 15 is 0 Å². The van der Waals surface area contributed by atoms with Gasteiger partial charge in [0.25, 0.3) is 0 Å². The molecule has 28 heavy (non-hydrogen) atoms. The lowest BCUT2D eigenvalue weighted by atomic mass is 10.1. The zero-order valence-electron chi connectivity index (χ0n) is 17.7. The summed E-state index contributed by atoms with van der Waals surface area (Å²) in [4.78, 5) is 6.66. The van der Waals surface area contributed by atoms with E-state index in [-0.39, 0.29) is 24.0 Å². The molecule has 2 rings (SSSR count). The Labute approximate surface area is 187 Å². The van der Waals surface area contributed by atoms with Crippen molar-refractivity contribution >= 4 is 29.9 Å². The second-order valence-electron chi connectivity index (χ2n) is 7.20. The van der Waals surface area contributed by atoms with Crippen LogP contribution >= 0.6 is 24.0 Å². The van der Waals surface area contributed by atoms with Gasteiger partial charge in [-0.05, 0) is 50.9 Å². The third-order valence-corrected chi connectivity index (χ3v) is 5.10. The zero-order chi connectivity index (χ0) is 19.5. The molecule has 0 amide bonds. The van der Waals surface area contributed by atoms with Crippen molar-refractivity contribution in [2.75, 3.05) is 40.5 Å². The molecule has 1 fully saturated rings. The van der Waals surface area contributed by atoms with E-state index < -0.39 is 0 Å². The number of nitrogens with zero attached hydrogens (tertiary/aromatic N) is 2. The topological polar surface area (TPSA) is 58.1 Å². The first-order valence-electron chi connectivity index (χ1n) is 10.1. The fraction of sp³-hybridized carbons (Fsp3) is 0.667. The molecule has 1 aromatic carbocycles. The van der Waals surface area contributed by atoms with Crippen LogP contribution in [0.4, 0.5) is 0 Å². The molecule has 1 saturated heterocycles. The van der Waals surface area contributed by atoms with E-state index in [4.69, 9.17) is 9.47 Å². The van der Waals surface area contributed by atoms with Crippen LogP contribution in [0.3, 0.4) is 0 Å². The Bertz CT molecular complexity index is 579. The maximum atomic E-state index is 5.98. The molecule has 0 radical (unpaired) electrons. The van der Waals surface area contributed by atoms with Crippen molar-refractivity contribution in [2.24, 2.45) is 4.99 Å². The number of aliphatic imine (C=N–C) groups is 1. The molecule has 1 aromatic rings. The van der Waals surface area contributed by atoms with Crippen LogP contribution < -0.4 is 15.4 Å². The molecule has 1 unspecified atom stereocenters. The van der Waals surface area contributed by atoms with Gasteiger partial charge < -0.3 is 20.1 Å². The van der Waals surface area contributed by atoms with Gasteiger partial charge in [-0.2, -0.15) is 0 Å². The van der Waals surface area contributed by atoms with Gasteiger partial charge in [-0.1, -0.05) is 19.1 Å². The minimum absolute atomic E-state index is 0. The summed E-state index contributed by atoms with van der Waals surface area (Å²) in [5.41, 5.74) is 1.18. The molecular formula is C21H37IN4O2. The standard InChI is InChI=1S/C21H36N4O2.HI/c1-5-17(2)24-21(22-3)23-16-18-7-6-8-20(15-18)27-14-11-25(4)19-9-12-26-13-10-19;/h6-8,15,17,19H,5,9-14,16H2,1-4H3,(H2,22,23,24);1H. The smallest absolute Gasteiger partial charge is 0.191 e. The fourth-order valence-corrected chi connectivity index (χ4v) is 3.08. The maximum absolute atomic E-state index is 5.98. The SMILES string of the molecule is CCC(C)NC(=NC)NCc1cccc(OCCN(C)C2CCOCC2)c1.I. The summed E-state index contributed by atoms with van der Waals surface area (Å²) in [6.07, 6.45) is 3.29. The summed E-state index contributed by atoms with van der Waals surface area (Å²) >= 11 is 0. The van der Waals surface area contributed by atoms with Gasteiger partial charge in [-0.25, -0.2) is 0 Å². The fourth-order valence-electron chi connectivity index (χ4n) is 3.08. The molecule has 0 aromatic heterocycles. The molecule has 6 nitrogen and oxygen atoms in total. The molecule has 1 heterocycles. The van der Waals surface area contributed by atoms with Crippen molar-refractivity contribution in [3.05, 3.63) is 29.8 Å². The lowest BCUT2D eigenvalue weighted by Gasteiger charge is -2.31. The Balaban J connectivity index is 0.00000392. The van der Waals surface area contributed by atoms with Gasteiger partial charge in [0.05, 0.1) is 0 Å². The Morgan fingerprint density at radius 1 is 1.36 bits per heavy atom. The van der Waals surface area contributed by atoms with E-state index in [1.807, 2.05) is 12.1 Å². The van der Waals surface area contributed by atoms with Crippen molar-refractivity contribution in [1.29, 1.82) is 0 Å². The number of benzene rings is 1. The molecule has 0 aliphatic carbocycles. The van der Waals surface area contributed by atoms with E-state index in [9.17, 15) is 0 Å². The highest BCUT2D eigenvalue weighted by molar-refractivity contribution is 14.0. The summed E-state index contributed by atoms with van der Waals surface area (Å²) in [5.74, 6) is 1.74. The third kappa shape index (κ3) is 8.96. The van der Waals surface area contributed by atoms with Crippen LogP contribution in [0.5, 0.6) is 5.75 Å². The number of rotatable bonds is 9. The molecule has 2 N–H and O–H groups in total. The van der Waals surface area contributed by atoms with Gasteiger partial charge in [-0.3, -0.25) is 9.89 Å². The van der Waals surface area contributed by atoms with Gasteiger partial charge in [0, 0.05) is 45.4 Å². The van der Waals surface area contributed by atoms with E-state index in [1.165, 1.54) is 5.56 Å². The van der Waals surface area contributed by atoms with Crippen LogP contribution in [0.25, 0.3) is 0 Å². The number of hydrogen-bond acceptors (Lipinski definition) is 4. The van der Waals surface area contributed by atoms with Gasteiger partial charge in [0.1, 0.15) is 12.4 Å². The minimum atomic E-state index is 0. The molecule has 7 heteroatoms. The molecular weight excluding hydrogens is 467 g/mol. The number of nitrogens with one attached hydrogen (secondary N) is 2. The van der Waals surface area contributed by atoms with E-state index in [0.717, 1.165) is 57.3 Å². The predicted octanol–water partition coefficient (Wildman–Crippen LogP) is 3.26. The summed E-state index contributed by atoms with van der Waals surface area (Å²) in [5, 5.41) is 6.73. The van der Waals surface area contributed by atoms with Crippen LogP contribution in [-0.4, -0.2) is 63.4 Å². The molecule has 0 saturated carbocycles. The number of hydrogen-bond donors (Lipinski definition) is 2. The second kappa shape index (κ2) is 14.0. The lowest BCUT2D eigenvalue weighted by Crippen LogP contribution is -2.41. The van der Waals surface area contributed by atoms with Gasteiger partial charge in [-0.15, -0.1) is 24.0 Å². The lowest BCUT2D eigenvalue weighted by molar-refractivity contribution is 0.0392. The molecule has 1 atom stereocenters. The molecule has 0 bridgehead atoms. The van der Waals surface area contributed by atoms with Crippen molar-refractivity contribution < 1.29 is 9.47 Å². The van der Waals surface area contributed by atoms with Crippen molar-refractivity contribution in [1.82, 2.24) is 15.5 Å². The van der Waals surface area contributed by atoms with Crippen molar-refractivity contribution in [3.63, 3.8) is 0 Å². The maximum Gasteiger partial charge on any atom is 0.191 e. The van der Waals surface area contributed by atoms with Crippen LogP contribution in [0.15, 0.2) is 29.3 Å². The quantitative estimate of drug-likeness (QED) is 0.307. The van der Waals surface area contributed by atoms with Crippen LogP contribution in [0.1, 0.15) is 38.7 Å². The first-order chi connectivity index (χ1) is 13.1. The van der Waals surface area contributed by atoms with Gasteiger partial charge >= 0.3 is 0 Å². The number of guanidine groups is 1. The zero-order valence-corrected chi connectivity index (χ0v) is 20.1. The van der Waals surface area contributed by atoms with Crippen LogP contribution in [0.2, 0.25) is 0 Å². The second-order valence-corrected chi connectivity index (χ2v) is 7.20. The Morgan fingerprint density at radius 3 is 2.79 bits per heavy atom. The summed E-state index contributed by atoms with van der Waals surface area (Å²) in [6.45, 7) is 8.40. The number of likely N-dealkylation sites (N-methyl/N-ethyl adjacent to an activating group) is 1. The van der Waals surface area contributed by atoms with E-state index in [1.54, 1.807) is 7.05 Å². The van der Waals surface area contributed by atoms with Crippen LogP contribution in [-0.2, 0) is 11.3 Å². The van der Waals surface area contributed by atoms with Crippen molar-refractivity contribution in [3.8, 4) is 5.75 Å². The highest BCUT2D eigenvalue weighted by atomic mass is 127. The Kier molecular flexibility index (Phi) is 12.5. The summed E-state index contributed by atoms with van der Waals surface area (Å²) in [6, 6.07) is 9.27. The summed E-state index contributed by atoms with van der Waals surface area (Å²) < 4.78 is 11.4. The molecule has 1 aliphatic rings. The third-order valence-electron chi connectivity index (χ3n) is 5.10.